The van der Waals surface area contributed by atoms with Crippen molar-refractivity contribution in [2.45, 2.75) is 32.6 Å². The number of hydrogen-bond acceptors (Lipinski definition) is 2. The van der Waals surface area contributed by atoms with E-state index in [0.717, 1.165) is 12.8 Å². The molecule has 1 aromatic carbocycles. The molecular formula is C13H17ClO2. The second-order valence-corrected chi connectivity index (χ2v) is 4.08. The molecule has 0 aliphatic rings. The minimum atomic E-state index is -0.331. The van der Waals surface area contributed by atoms with E-state index >= 15 is 0 Å². The van der Waals surface area contributed by atoms with Gasteiger partial charge in [-0.25, -0.2) is 4.79 Å². The molecule has 16 heavy (non-hydrogen) atoms. The van der Waals surface area contributed by atoms with Crippen molar-refractivity contribution in [3.8, 4) is 0 Å². The lowest BCUT2D eigenvalue weighted by Gasteiger charge is -2.05. The van der Waals surface area contributed by atoms with Crippen molar-refractivity contribution >= 4 is 17.6 Å². The predicted octanol–water partition coefficient (Wildman–Crippen LogP) is 4.08. The Morgan fingerprint density at radius 1 is 1.25 bits per heavy atom. The Morgan fingerprint density at radius 3 is 2.69 bits per heavy atom. The fraction of sp³-hybridized carbons (Fsp3) is 0.462. The molecule has 0 radical (unpaired) electrons. The number of halogens is 1. The number of ether oxygens (including phenoxy) is 1. The first-order valence-corrected chi connectivity index (χ1v) is 6.05. The first-order chi connectivity index (χ1) is 7.75. The highest BCUT2D eigenvalue weighted by atomic mass is 35.5. The van der Waals surface area contributed by atoms with Gasteiger partial charge < -0.3 is 4.74 Å². The molecule has 0 fully saturated rings. The number of carbonyl (C=O) groups excluding carboxylic acids is 1. The minimum absolute atomic E-state index is 0.331. The molecule has 0 unspecified atom stereocenters. The van der Waals surface area contributed by atoms with Gasteiger partial charge in [0, 0.05) is 0 Å². The van der Waals surface area contributed by atoms with Crippen LogP contribution >= 0.6 is 11.6 Å². The van der Waals surface area contributed by atoms with Crippen molar-refractivity contribution < 1.29 is 9.53 Å². The summed E-state index contributed by atoms with van der Waals surface area (Å²) in [6.45, 7) is 2.62. The number of carbonyl (C=O) groups is 1. The van der Waals surface area contributed by atoms with Crippen molar-refractivity contribution in [2.75, 3.05) is 6.61 Å². The van der Waals surface area contributed by atoms with Crippen LogP contribution < -0.4 is 0 Å². The molecule has 0 saturated carbocycles. The lowest BCUT2D eigenvalue weighted by molar-refractivity contribution is 0.0498. The fourth-order valence-electron chi connectivity index (χ4n) is 1.40. The summed E-state index contributed by atoms with van der Waals surface area (Å²) in [6.07, 6.45) is 4.39. The van der Waals surface area contributed by atoms with Crippen LogP contribution in [-0.4, -0.2) is 12.6 Å². The van der Waals surface area contributed by atoms with E-state index in [0.29, 0.717) is 17.2 Å². The Labute approximate surface area is 102 Å². The van der Waals surface area contributed by atoms with Gasteiger partial charge in [-0.1, -0.05) is 49.9 Å². The van der Waals surface area contributed by atoms with Crippen molar-refractivity contribution in [1.29, 1.82) is 0 Å². The predicted molar refractivity (Wildman–Crippen MR) is 65.9 cm³/mol. The first kappa shape index (κ1) is 13.0. The SMILES string of the molecule is CCCCCCOC(=O)c1ccccc1Cl. The topological polar surface area (TPSA) is 26.3 Å². The Kier molecular flexibility index (Phi) is 5.94. The molecule has 3 heteroatoms. The summed E-state index contributed by atoms with van der Waals surface area (Å²) in [5, 5.41) is 0.445. The summed E-state index contributed by atoms with van der Waals surface area (Å²) < 4.78 is 5.13. The van der Waals surface area contributed by atoms with E-state index in [1.54, 1.807) is 24.3 Å². The van der Waals surface area contributed by atoms with Gasteiger partial charge >= 0.3 is 5.97 Å². The largest absolute Gasteiger partial charge is 0.462 e. The van der Waals surface area contributed by atoms with Crippen LogP contribution in [0.25, 0.3) is 0 Å². The molecule has 1 aromatic rings. The van der Waals surface area contributed by atoms with Gasteiger partial charge in [-0.3, -0.25) is 0 Å². The Morgan fingerprint density at radius 2 is 2.00 bits per heavy atom. The quantitative estimate of drug-likeness (QED) is 0.553. The van der Waals surface area contributed by atoms with Crippen LogP contribution in [0.15, 0.2) is 24.3 Å². The minimum Gasteiger partial charge on any atom is -0.462 e. The van der Waals surface area contributed by atoms with Gasteiger partial charge in [-0.2, -0.15) is 0 Å². The first-order valence-electron chi connectivity index (χ1n) is 5.67. The van der Waals surface area contributed by atoms with E-state index in [4.69, 9.17) is 16.3 Å². The van der Waals surface area contributed by atoms with Gasteiger partial charge in [0.15, 0.2) is 0 Å². The normalized spacial score (nSPS) is 10.1. The van der Waals surface area contributed by atoms with Gasteiger partial charge in [0.25, 0.3) is 0 Å². The third kappa shape index (κ3) is 4.23. The summed E-state index contributed by atoms with van der Waals surface area (Å²) >= 11 is 5.88. The molecule has 0 bridgehead atoms. The average molecular weight is 241 g/mol. The molecule has 0 amide bonds. The molecule has 0 saturated heterocycles. The van der Waals surface area contributed by atoms with Crippen LogP contribution in [0, 0.1) is 0 Å². The second-order valence-electron chi connectivity index (χ2n) is 3.68. The highest BCUT2D eigenvalue weighted by molar-refractivity contribution is 6.33. The van der Waals surface area contributed by atoms with Gasteiger partial charge in [-0.15, -0.1) is 0 Å². The van der Waals surface area contributed by atoms with Crippen molar-refractivity contribution in [3.63, 3.8) is 0 Å². The summed E-state index contributed by atoms with van der Waals surface area (Å²) in [6, 6.07) is 6.94. The standard InChI is InChI=1S/C13H17ClO2/c1-2-3-4-7-10-16-13(15)11-8-5-6-9-12(11)14/h5-6,8-9H,2-4,7,10H2,1H3. The van der Waals surface area contributed by atoms with Crippen LogP contribution in [0.4, 0.5) is 0 Å². The molecular weight excluding hydrogens is 224 g/mol. The third-order valence-corrected chi connectivity index (χ3v) is 2.65. The highest BCUT2D eigenvalue weighted by Gasteiger charge is 2.09. The second kappa shape index (κ2) is 7.29. The maximum Gasteiger partial charge on any atom is 0.339 e. The van der Waals surface area contributed by atoms with Crippen LogP contribution in [0.5, 0.6) is 0 Å². The zero-order valence-electron chi connectivity index (χ0n) is 9.54. The van der Waals surface area contributed by atoms with Crippen LogP contribution in [0.1, 0.15) is 43.0 Å². The van der Waals surface area contributed by atoms with Gasteiger partial charge in [0.1, 0.15) is 0 Å². The molecule has 88 valence electrons. The van der Waals surface area contributed by atoms with Crippen LogP contribution in [0.2, 0.25) is 5.02 Å². The van der Waals surface area contributed by atoms with Crippen LogP contribution in [0.3, 0.4) is 0 Å². The molecule has 0 N–H and O–H groups in total. The Hall–Kier alpha value is -1.02. The van der Waals surface area contributed by atoms with Crippen molar-refractivity contribution in [3.05, 3.63) is 34.9 Å². The van der Waals surface area contributed by atoms with Gasteiger partial charge in [0.05, 0.1) is 17.2 Å². The number of esters is 1. The van der Waals surface area contributed by atoms with E-state index in [-0.39, 0.29) is 5.97 Å². The number of hydrogen-bond donors (Lipinski definition) is 0. The van der Waals surface area contributed by atoms with E-state index in [1.807, 2.05) is 0 Å². The van der Waals surface area contributed by atoms with Gasteiger partial charge in [0.2, 0.25) is 0 Å². The molecule has 1 rings (SSSR count). The summed E-state index contributed by atoms with van der Waals surface area (Å²) in [5.41, 5.74) is 0.444. The van der Waals surface area contributed by atoms with Crippen molar-refractivity contribution in [1.82, 2.24) is 0 Å². The van der Waals surface area contributed by atoms with Crippen molar-refractivity contribution in [2.24, 2.45) is 0 Å². The summed E-state index contributed by atoms with van der Waals surface area (Å²) in [5.74, 6) is -0.331. The highest BCUT2D eigenvalue weighted by Crippen LogP contribution is 2.16. The molecule has 0 aliphatic carbocycles. The molecule has 0 aliphatic heterocycles. The molecule has 0 atom stereocenters. The van der Waals surface area contributed by atoms with E-state index in [1.165, 1.54) is 12.8 Å². The Bertz CT molecular complexity index is 336. The van der Waals surface area contributed by atoms with E-state index in [9.17, 15) is 4.79 Å². The zero-order valence-corrected chi connectivity index (χ0v) is 10.3. The monoisotopic (exact) mass is 240 g/mol. The smallest absolute Gasteiger partial charge is 0.339 e. The maximum absolute atomic E-state index is 11.6. The molecule has 0 spiro atoms. The lowest BCUT2D eigenvalue weighted by atomic mass is 10.2. The number of rotatable bonds is 6. The lowest BCUT2D eigenvalue weighted by Crippen LogP contribution is -2.06. The van der Waals surface area contributed by atoms with E-state index in [2.05, 4.69) is 6.92 Å². The number of unbranched alkanes of at least 4 members (excludes halogenated alkanes) is 3. The van der Waals surface area contributed by atoms with Crippen LogP contribution in [-0.2, 0) is 4.74 Å². The summed E-state index contributed by atoms with van der Waals surface area (Å²) in [4.78, 5) is 11.6. The van der Waals surface area contributed by atoms with E-state index < -0.39 is 0 Å². The number of benzene rings is 1. The average Bonchev–Trinajstić information content (AvgIpc) is 2.29. The Balaban J connectivity index is 2.33. The molecule has 0 aromatic heterocycles. The zero-order chi connectivity index (χ0) is 11.8. The fourth-order valence-corrected chi connectivity index (χ4v) is 1.61. The maximum atomic E-state index is 11.6. The summed E-state index contributed by atoms with van der Waals surface area (Å²) in [7, 11) is 0. The molecule has 2 nitrogen and oxygen atoms in total. The molecule has 0 heterocycles. The van der Waals surface area contributed by atoms with Gasteiger partial charge in [-0.05, 0) is 18.6 Å². The third-order valence-electron chi connectivity index (χ3n) is 2.32.